The quantitative estimate of drug-likeness (QED) is 0.729. The molecule has 0 saturated carbocycles. The largest absolute Gasteiger partial charge is 0.480 e. The number of carbonyl (C=O) groups is 2. The van der Waals surface area contributed by atoms with E-state index in [4.69, 9.17) is 4.74 Å². The lowest BCUT2D eigenvalue weighted by Crippen LogP contribution is -2.60. The predicted molar refractivity (Wildman–Crippen MR) is 62.2 cm³/mol. The van der Waals surface area contributed by atoms with E-state index in [1.54, 1.807) is 0 Å². The highest BCUT2D eigenvalue weighted by molar-refractivity contribution is 5.86. The van der Waals surface area contributed by atoms with Crippen molar-refractivity contribution in [2.75, 3.05) is 13.2 Å². The number of carbonyl (C=O) groups excluding carboxylic acids is 1. The summed E-state index contributed by atoms with van der Waals surface area (Å²) in [6, 6.07) is -2.06. The summed E-state index contributed by atoms with van der Waals surface area (Å²) in [4.78, 5) is 22.9. The number of carboxylic acids is 1. The summed E-state index contributed by atoms with van der Waals surface area (Å²) in [6.45, 7) is 1.54. The van der Waals surface area contributed by atoms with Gasteiger partial charge in [0.05, 0.1) is 6.42 Å². The number of nitrogens with one attached hydrogen (secondary N) is 2. The summed E-state index contributed by atoms with van der Waals surface area (Å²) in [6.07, 6.45) is -5.42. The maximum absolute atomic E-state index is 12.1. The van der Waals surface area contributed by atoms with Crippen LogP contribution in [-0.4, -0.2) is 48.1 Å². The van der Waals surface area contributed by atoms with Gasteiger partial charge in [0.2, 0.25) is 0 Å². The van der Waals surface area contributed by atoms with E-state index in [1.165, 1.54) is 6.92 Å². The van der Waals surface area contributed by atoms with Gasteiger partial charge in [-0.3, -0.25) is 0 Å². The highest BCUT2D eigenvalue weighted by Crippen LogP contribution is 2.22. The minimum atomic E-state index is -4.39. The van der Waals surface area contributed by atoms with Crippen molar-refractivity contribution < 1.29 is 32.6 Å². The normalized spacial score (nSPS) is 20.0. The number of halogens is 3. The van der Waals surface area contributed by atoms with Crippen LogP contribution in [0.25, 0.3) is 0 Å². The van der Waals surface area contributed by atoms with Crippen LogP contribution in [0.5, 0.6) is 0 Å². The first kappa shape index (κ1) is 16.5. The molecule has 0 aromatic rings. The molecule has 20 heavy (non-hydrogen) atoms. The first-order valence-electron chi connectivity index (χ1n) is 6.11. The highest BCUT2D eigenvalue weighted by Gasteiger charge is 2.42. The Bertz CT molecular complexity index is 367. The zero-order chi connectivity index (χ0) is 15.4. The van der Waals surface area contributed by atoms with E-state index >= 15 is 0 Å². The Morgan fingerprint density at radius 3 is 2.35 bits per heavy atom. The molecule has 0 bridgehead atoms. The molecule has 1 fully saturated rings. The van der Waals surface area contributed by atoms with Gasteiger partial charge in [-0.05, 0) is 6.92 Å². The van der Waals surface area contributed by atoms with Crippen LogP contribution < -0.4 is 10.6 Å². The standard InChI is InChI=1S/C11H17F3N2O4/c1-7(6-11(12,13)14)15-9(19)16-10(8(17)18)2-4-20-5-3-10/h7H,2-6H2,1H3,(H,17,18)(H2,15,16,19). The van der Waals surface area contributed by atoms with Gasteiger partial charge in [-0.25, -0.2) is 9.59 Å². The van der Waals surface area contributed by atoms with E-state index in [-0.39, 0.29) is 26.1 Å². The van der Waals surface area contributed by atoms with Crippen molar-refractivity contribution >= 4 is 12.0 Å². The Labute approximate surface area is 113 Å². The van der Waals surface area contributed by atoms with E-state index in [9.17, 15) is 27.9 Å². The summed E-state index contributed by atoms with van der Waals surface area (Å²) in [5.74, 6) is -1.22. The molecule has 3 N–H and O–H groups in total. The number of ether oxygens (including phenoxy) is 1. The Morgan fingerprint density at radius 2 is 1.90 bits per heavy atom. The Hall–Kier alpha value is -1.51. The first-order valence-corrected chi connectivity index (χ1v) is 6.11. The molecule has 0 aliphatic carbocycles. The lowest BCUT2D eigenvalue weighted by molar-refractivity contribution is -0.148. The molecule has 9 heteroatoms. The zero-order valence-corrected chi connectivity index (χ0v) is 10.9. The fourth-order valence-electron chi connectivity index (χ4n) is 1.99. The summed E-state index contributed by atoms with van der Waals surface area (Å²) in [7, 11) is 0. The molecule has 1 atom stereocenters. The summed E-state index contributed by atoms with van der Waals surface area (Å²) >= 11 is 0. The average Bonchev–Trinajstić information content (AvgIpc) is 2.26. The molecule has 1 heterocycles. The van der Waals surface area contributed by atoms with Crippen LogP contribution in [0.3, 0.4) is 0 Å². The molecular weight excluding hydrogens is 281 g/mol. The second kappa shape index (κ2) is 6.29. The number of carboxylic acid groups (broad SMARTS) is 1. The Kier molecular flexibility index (Phi) is 5.21. The van der Waals surface area contributed by atoms with Crippen molar-refractivity contribution in [1.29, 1.82) is 0 Å². The molecule has 1 aliphatic heterocycles. The molecule has 0 aromatic carbocycles. The number of hydrogen-bond acceptors (Lipinski definition) is 3. The molecule has 0 radical (unpaired) electrons. The second-order valence-electron chi connectivity index (χ2n) is 4.82. The van der Waals surface area contributed by atoms with Gasteiger partial charge in [-0.15, -0.1) is 0 Å². The van der Waals surface area contributed by atoms with Crippen molar-refractivity contribution in [3.05, 3.63) is 0 Å². The van der Waals surface area contributed by atoms with Gasteiger partial charge in [0.15, 0.2) is 0 Å². The van der Waals surface area contributed by atoms with Crippen LogP contribution in [0.1, 0.15) is 26.2 Å². The van der Waals surface area contributed by atoms with E-state index in [1.807, 2.05) is 0 Å². The summed E-state index contributed by atoms with van der Waals surface area (Å²) in [5.41, 5.74) is -1.49. The van der Waals surface area contributed by atoms with E-state index in [0.29, 0.717) is 0 Å². The minimum absolute atomic E-state index is 0.0728. The number of aliphatic carboxylic acids is 1. The van der Waals surface area contributed by atoms with E-state index in [0.717, 1.165) is 0 Å². The monoisotopic (exact) mass is 298 g/mol. The van der Waals surface area contributed by atoms with Crippen molar-refractivity contribution in [3.63, 3.8) is 0 Å². The third-order valence-corrected chi connectivity index (χ3v) is 3.02. The number of amides is 2. The third-order valence-electron chi connectivity index (χ3n) is 3.02. The van der Waals surface area contributed by atoms with Gasteiger partial charge >= 0.3 is 18.2 Å². The molecule has 0 spiro atoms. The van der Waals surface area contributed by atoms with Gasteiger partial charge in [0.25, 0.3) is 0 Å². The van der Waals surface area contributed by atoms with Gasteiger partial charge in [0.1, 0.15) is 5.54 Å². The molecule has 1 aliphatic rings. The van der Waals surface area contributed by atoms with Crippen LogP contribution >= 0.6 is 0 Å². The Morgan fingerprint density at radius 1 is 1.35 bits per heavy atom. The van der Waals surface area contributed by atoms with Crippen LogP contribution in [0.2, 0.25) is 0 Å². The van der Waals surface area contributed by atoms with Crippen LogP contribution in [0.15, 0.2) is 0 Å². The van der Waals surface area contributed by atoms with Crippen LogP contribution in [0, 0.1) is 0 Å². The van der Waals surface area contributed by atoms with Gasteiger partial charge in [0, 0.05) is 32.1 Å². The van der Waals surface area contributed by atoms with Crippen LogP contribution in [-0.2, 0) is 9.53 Å². The number of alkyl halides is 3. The van der Waals surface area contributed by atoms with E-state index < -0.39 is 36.2 Å². The summed E-state index contributed by atoms with van der Waals surface area (Å²) < 4.78 is 41.4. The number of rotatable bonds is 4. The van der Waals surface area contributed by atoms with Crippen molar-refractivity contribution in [1.82, 2.24) is 10.6 Å². The smallest absolute Gasteiger partial charge is 0.391 e. The maximum Gasteiger partial charge on any atom is 0.391 e. The summed E-state index contributed by atoms with van der Waals surface area (Å²) in [5, 5.41) is 13.5. The van der Waals surface area contributed by atoms with Gasteiger partial charge in [-0.2, -0.15) is 13.2 Å². The molecule has 2 amide bonds. The highest BCUT2D eigenvalue weighted by atomic mass is 19.4. The third kappa shape index (κ3) is 4.87. The molecule has 1 rings (SSSR count). The number of hydrogen-bond donors (Lipinski definition) is 3. The lowest BCUT2D eigenvalue weighted by Gasteiger charge is -2.34. The van der Waals surface area contributed by atoms with Gasteiger partial charge < -0.3 is 20.5 Å². The topological polar surface area (TPSA) is 87.7 Å². The Balaban J connectivity index is 2.57. The van der Waals surface area contributed by atoms with Gasteiger partial charge in [-0.1, -0.05) is 0 Å². The fourth-order valence-corrected chi connectivity index (χ4v) is 1.99. The molecule has 6 nitrogen and oxygen atoms in total. The number of urea groups is 1. The maximum atomic E-state index is 12.1. The molecule has 1 unspecified atom stereocenters. The fraction of sp³-hybridized carbons (Fsp3) is 0.818. The SMILES string of the molecule is CC(CC(F)(F)F)NC(=O)NC1(C(=O)O)CCOCC1. The predicted octanol–water partition coefficient (Wildman–Crippen LogP) is 1.26. The second-order valence-corrected chi connectivity index (χ2v) is 4.82. The molecular formula is C11H17F3N2O4. The van der Waals surface area contributed by atoms with Crippen LogP contribution in [0.4, 0.5) is 18.0 Å². The van der Waals surface area contributed by atoms with Crippen molar-refractivity contribution in [2.24, 2.45) is 0 Å². The minimum Gasteiger partial charge on any atom is -0.480 e. The average molecular weight is 298 g/mol. The molecule has 1 saturated heterocycles. The van der Waals surface area contributed by atoms with Crippen molar-refractivity contribution in [2.45, 2.75) is 43.9 Å². The molecule has 0 aromatic heterocycles. The zero-order valence-electron chi connectivity index (χ0n) is 10.9. The van der Waals surface area contributed by atoms with E-state index in [2.05, 4.69) is 10.6 Å². The lowest BCUT2D eigenvalue weighted by atomic mass is 9.90. The first-order chi connectivity index (χ1) is 9.15. The molecule has 116 valence electrons. The van der Waals surface area contributed by atoms with Crippen molar-refractivity contribution in [3.8, 4) is 0 Å².